The van der Waals surface area contributed by atoms with Crippen molar-refractivity contribution in [2.75, 3.05) is 0 Å². The van der Waals surface area contributed by atoms with Crippen molar-refractivity contribution in [1.82, 2.24) is 8.96 Å². The molecule has 0 saturated carbocycles. The minimum absolute atomic E-state index is 0.374. The number of fused-ring (bicyclic) bond motifs is 12. The molecule has 0 unspecified atom stereocenters. The van der Waals surface area contributed by atoms with Gasteiger partial charge in [-0.25, -0.2) is 0 Å². The van der Waals surface area contributed by atoms with Crippen LogP contribution in [0, 0.1) is 13.8 Å². The van der Waals surface area contributed by atoms with Crippen molar-refractivity contribution in [2.24, 2.45) is 0 Å². The van der Waals surface area contributed by atoms with E-state index in [1.165, 1.54) is 17.9 Å². The van der Waals surface area contributed by atoms with E-state index in [2.05, 4.69) is 0 Å². The zero-order chi connectivity index (χ0) is 35.0. The minimum atomic E-state index is -4.24. The van der Waals surface area contributed by atoms with E-state index in [1.807, 2.05) is 102 Å². The average Bonchev–Trinajstić information content (AvgIpc) is 3.77. The molecule has 0 radical (unpaired) electrons. The largest absolute Gasteiger partial charge is 0.737 e. The molecule has 0 aliphatic carbocycles. The summed E-state index contributed by atoms with van der Waals surface area (Å²) in [6, 6.07) is 15.8. The number of nitrogens with zero attached hydrogens (tertiary/aromatic N) is 4. The third-order valence-electron chi connectivity index (χ3n) is 11.5. The van der Waals surface area contributed by atoms with Crippen LogP contribution in [0.4, 0.5) is 17.3 Å². The highest BCUT2D eigenvalue weighted by atomic mass is 19.3. The van der Waals surface area contributed by atoms with Crippen molar-refractivity contribution in [3.63, 3.8) is 0 Å². The standard InChI is InChI=1S/C40H40B2F4N4/c1-7-11-35-26-16-14-24(6)18-28(26)38-22-40-32-19-29-31(20-30(32)36(12-8-2)50(40)42(45,46)49(35)38)39-21-37-27-17-23(5)13-15-25(27)33(9-3)47(37)41(43,44)48(39)34(29)10-4/h13-22H,7-12H2,1-6H3. The molecule has 4 nitrogen and oxygen atoms in total. The van der Waals surface area contributed by atoms with Gasteiger partial charge in [0.25, 0.3) is 0 Å². The molecule has 5 aromatic rings. The van der Waals surface area contributed by atoms with Gasteiger partial charge in [-0.1, -0.05) is 69.5 Å². The molecule has 9 rings (SSSR count). The molecule has 0 spiro atoms. The third kappa shape index (κ3) is 3.80. The van der Waals surface area contributed by atoms with E-state index in [4.69, 9.17) is 0 Å². The lowest BCUT2D eigenvalue weighted by Gasteiger charge is -2.31. The van der Waals surface area contributed by atoms with E-state index < -0.39 is 13.9 Å². The Kier molecular flexibility index (Phi) is 6.57. The van der Waals surface area contributed by atoms with E-state index in [0.29, 0.717) is 100.0 Å². The Hall–Kier alpha value is -4.59. The van der Waals surface area contributed by atoms with Gasteiger partial charge in [0.15, 0.2) is 11.4 Å². The fourth-order valence-electron chi connectivity index (χ4n) is 9.57. The number of aromatic nitrogens is 2. The number of hydrogen-bond acceptors (Lipinski definition) is 0. The van der Waals surface area contributed by atoms with Crippen LogP contribution in [0.15, 0.2) is 48.5 Å². The molecule has 4 aliphatic heterocycles. The third-order valence-corrected chi connectivity index (χ3v) is 11.5. The van der Waals surface area contributed by atoms with Gasteiger partial charge in [0.05, 0.1) is 22.3 Å². The summed E-state index contributed by atoms with van der Waals surface area (Å²) >= 11 is 0. The molecule has 10 heteroatoms. The van der Waals surface area contributed by atoms with Gasteiger partial charge in [-0.3, -0.25) is 0 Å². The van der Waals surface area contributed by atoms with Crippen LogP contribution in [-0.2, 0) is 12.8 Å². The number of rotatable bonds is 6. The Bertz CT molecular complexity index is 2510. The fourth-order valence-corrected chi connectivity index (χ4v) is 9.57. The molecular formula is C40H40B2F4N4. The average molecular weight is 674 g/mol. The molecule has 0 atom stereocenters. The zero-order valence-corrected chi connectivity index (χ0v) is 29.5. The quantitative estimate of drug-likeness (QED) is 0.126. The van der Waals surface area contributed by atoms with Crippen LogP contribution in [0.1, 0.15) is 110 Å². The number of halogens is 4. The van der Waals surface area contributed by atoms with Crippen molar-refractivity contribution in [3.8, 4) is 0 Å². The first kappa shape index (κ1) is 31.4. The normalized spacial score (nSPS) is 17.9. The van der Waals surface area contributed by atoms with Crippen molar-refractivity contribution in [2.45, 2.75) is 80.1 Å². The molecule has 50 heavy (non-hydrogen) atoms. The molecule has 0 saturated heterocycles. The van der Waals surface area contributed by atoms with Crippen LogP contribution < -0.4 is 0 Å². The first-order chi connectivity index (χ1) is 24.0. The molecule has 2 aromatic heterocycles. The summed E-state index contributed by atoms with van der Waals surface area (Å²) in [6.07, 6.45) is 7.09. The smallest absolute Gasteiger partial charge is 0.393 e. The zero-order valence-electron chi connectivity index (χ0n) is 29.5. The predicted molar refractivity (Wildman–Crippen MR) is 200 cm³/mol. The van der Waals surface area contributed by atoms with Gasteiger partial charge in [-0.2, -0.15) is 0 Å². The predicted octanol–water partition coefficient (Wildman–Crippen LogP) is 10.0. The molecule has 6 heterocycles. The molecule has 3 aromatic carbocycles. The fraction of sp³-hybridized carbons (Fsp3) is 0.300. The van der Waals surface area contributed by atoms with Crippen LogP contribution in [0.3, 0.4) is 0 Å². The number of benzene rings is 3. The molecule has 4 aliphatic rings. The van der Waals surface area contributed by atoms with Crippen LogP contribution in [-0.4, -0.2) is 43.3 Å². The second-order valence-electron chi connectivity index (χ2n) is 14.5. The maximum Gasteiger partial charge on any atom is 0.737 e. The maximum absolute atomic E-state index is 17.4. The Balaban J connectivity index is 1.34. The lowest BCUT2D eigenvalue weighted by atomic mass is 9.88. The van der Waals surface area contributed by atoms with E-state index >= 15 is 17.3 Å². The highest BCUT2D eigenvalue weighted by molar-refractivity contribution is 6.60. The van der Waals surface area contributed by atoms with Gasteiger partial charge in [-0.15, -0.1) is 0 Å². The highest BCUT2D eigenvalue weighted by Gasteiger charge is 2.58. The van der Waals surface area contributed by atoms with E-state index in [-0.39, 0.29) is 0 Å². The van der Waals surface area contributed by atoms with E-state index in [1.54, 1.807) is 0 Å². The van der Waals surface area contributed by atoms with Crippen LogP contribution in [0.2, 0.25) is 0 Å². The van der Waals surface area contributed by atoms with Gasteiger partial charge in [0, 0.05) is 47.2 Å². The molecule has 0 amide bonds. The molecule has 254 valence electrons. The van der Waals surface area contributed by atoms with Crippen molar-refractivity contribution >= 4 is 70.5 Å². The SMILES string of the molecule is CCCC1=[N+]2C(=Cc3c4cc(C)ccc4c(CCC)n3[B-]2(F)F)c2cc3c(cc21)C1=Cc2c4cc(C)ccc4c(CC)n2[B-](F)(F)[N+]1=C3CC. The molecular weight excluding hydrogens is 634 g/mol. The van der Waals surface area contributed by atoms with Crippen molar-refractivity contribution in [3.05, 3.63) is 105 Å². The first-order valence-electron chi connectivity index (χ1n) is 18.2. The van der Waals surface area contributed by atoms with Crippen molar-refractivity contribution in [1.29, 1.82) is 0 Å². The molecule has 0 N–H and O–H groups in total. The minimum Gasteiger partial charge on any atom is -0.393 e. The van der Waals surface area contributed by atoms with Crippen LogP contribution in [0.5, 0.6) is 0 Å². The Labute approximate surface area is 289 Å². The van der Waals surface area contributed by atoms with E-state index in [0.717, 1.165) is 39.1 Å². The van der Waals surface area contributed by atoms with Crippen molar-refractivity contribution < 1.29 is 26.2 Å². The molecule has 0 bridgehead atoms. The van der Waals surface area contributed by atoms with Gasteiger partial charge >= 0.3 is 13.9 Å². The van der Waals surface area contributed by atoms with Crippen LogP contribution in [0.25, 0.3) is 45.1 Å². The lowest BCUT2D eigenvalue weighted by Crippen LogP contribution is -2.50. The monoisotopic (exact) mass is 674 g/mol. The maximum atomic E-state index is 17.4. The summed E-state index contributed by atoms with van der Waals surface area (Å²) in [7, 11) is 0. The number of aryl methyl sites for hydroxylation is 4. The van der Waals surface area contributed by atoms with Crippen LogP contribution >= 0.6 is 0 Å². The Morgan fingerprint density at radius 2 is 1.02 bits per heavy atom. The van der Waals surface area contributed by atoms with Gasteiger partial charge in [0.1, 0.15) is 11.4 Å². The number of hydrogen-bond donors (Lipinski definition) is 0. The van der Waals surface area contributed by atoms with Gasteiger partial charge < -0.3 is 35.2 Å². The summed E-state index contributed by atoms with van der Waals surface area (Å²) in [6.45, 7) is 3.35. The Morgan fingerprint density at radius 3 is 1.52 bits per heavy atom. The van der Waals surface area contributed by atoms with Gasteiger partial charge in [0.2, 0.25) is 0 Å². The summed E-state index contributed by atoms with van der Waals surface area (Å²) < 4.78 is 74.3. The van der Waals surface area contributed by atoms with Gasteiger partial charge in [-0.05, 0) is 79.5 Å². The topological polar surface area (TPSA) is 15.9 Å². The highest BCUT2D eigenvalue weighted by Crippen LogP contribution is 2.49. The second kappa shape index (κ2) is 10.5. The lowest BCUT2D eigenvalue weighted by molar-refractivity contribution is -0.319. The second-order valence-corrected chi connectivity index (χ2v) is 14.5. The summed E-state index contributed by atoms with van der Waals surface area (Å²) in [4.78, 5) is 0. The summed E-state index contributed by atoms with van der Waals surface area (Å²) in [5, 5.41) is 3.36. The summed E-state index contributed by atoms with van der Waals surface area (Å²) in [5.41, 5.74) is 9.15. The van der Waals surface area contributed by atoms with E-state index in [9.17, 15) is 0 Å². The Morgan fingerprint density at radius 1 is 0.540 bits per heavy atom. The molecule has 0 fully saturated rings. The first-order valence-corrected chi connectivity index (χ1v) is 18.2. The summed E-state index contributed by atoms with van der Waals surface area (Å²) in [5.74, 6) is 0.